The molecule has 6 nitrogen and oxygen atoms in total. The topological polar surface area (TPSA) is 77.2 Å². The van der Waals surface area contributed by atoms with E-state index in [-0.39, 0.29) is 12.5 Å². The van der Waals surface area contributed by atoms with Crippen molar-refractivity contribution in [1.29, 1.82) is 0 Å². The number of para-hydroxylation sites is 1. The third-order valence-corrected chi connectivity index (χ3v) is 4.51. The van der Waals surface area contributed by atoms with Gasteiger partial charge in [0.2, 0.25) is 11.7 Å². The van der Waals surface area contributed by atoms with Gasteiger partial charge in [-0.2, -0.15) is 4.98 Å². The lowest BCUT2D eigenvalue weighted by Crippen LogP contribution is -2.23. The Morgan fingerprint density at radius 2 is 1.80 bits per heavy atom. The minimum absolute atomic E-state index is 0.130. The molecule has 1 amide bonds. The highest BCUT2D eigenvalue weighted by Gasteiger charge is 2.14. The maximum atomic E-state index is 12.7. The molecule has 1 aromatic heterocycles. The van der Waals surface area contributed by atoms with Crippen molar-refractivity contribution in [1.82, 2.24) is 15.5 Å². The van der Waals surface area contributed by atoms with Crippen LogP contribution in [0.4, 0.5) is 0 Å². The fourth-order valence-electron chi connectivity index (χ4n) is 2.99. The highest BCUT2D eigenvalue weighted by Crippen LogP contribution is 2.20. The summed E-state index contributed by atoms with van der Waals surface area (Å²) >= 11 is 0. The highest BCUT2D eigenvalue weighted by molar-refractivity contribution is 5.96. The van der Waals surface area contributed by atoms with Crippen molar-refractivity contribution >= 4 is 5.91 Å². The van der Waals surface area contributed by atoms with E-state index in [0.717, 1.165) is 16.7 Å². The van der Waals surface area contributed by atoms with E-state index in [4.69, 9.17) is 9.26 Å². The summed E-state index contributed by atoms with van der Waals surface area (Å²) in [5.41, 5.74) is 3.46. The van der Waals surface area contributed by atoms with Gasteiger partial charge in [0, 0.05) is 5.56 Å². The van der Waals surface area contributed by atoms with Crippen LogP contribution in [0, 0.1) is 6.92 Å². The van der Waals surface area contributed by atoms with Crippen LogP contribution in [0.2, 0.25) is 0 Å². The summed E-state index contributed by atoms with van der Waals surface area (Å²) in [6.45, 7) is 2.52. The van der Waals surface area contributed by atoms with E-state index in [1.54, 1.807) is 18.2 Å². The van der Waals surface area contributed by atoms with Crippen LogP contribution in [0.25, 0.3) is 11.4 Å². The average Bonchev–Trinajstić information content (AvgIpc) is 3.26. The number of hydrogen-bond donors (Lipinski definition) is 1. The minimum atomic E-state index is -0.269. The molecule has 0 aliphatic rings. The van der Waals surface area contributed by atoms with Gasteiger partial charge in [-0.1, -0.05) is 71.4 Å². The lowest BCUT2D eigenvalue weighted by atomic mass is 10.1. The lowest BCUT2D eigenvalue weighted by molar-refractivity contribution is 0.0941. The predicted molar refractivity (Wildman–Crippen MR) is 113 cm³/mol. The molecule has 1 heterocycles. The zero-order valence-electron chi connectivity index (χ0n) is 16.5. The zero-order valence-corrected chi connectivity index (χ0v) is 16.5. The maximum absolute atomic E-state index is 12.7. The maximum Gasteiger partial charge on any atom is 0.255 e. The molecule has 0 fully saturated rings. The number of aromatic nitrogens is 2. The van der Waals surface area contributed by atoms with Gasteiger partial charge < -0.3 is 14.6 Å². The molecule has 3 aromatic carbocycles. The number of ether oxygens (including phenoxy) is 1. The second-order valence-electron chi connectivity index (χ2n) is 6.83. The van der Waals surface area contributed by atoms with Crippen LogP contribution < -0.4 is 10.1 Å². The van der Waals surface area contributed by atoms with Gasteiger partial charge in [-0.3, -0.25) is 4.79 Å². The molecule has 0 saturated heterocycles. The first-order valence-electron chi connectivity index (χ1n) is 9.62. The first-order valence-corrected chi connectivity index (χ1v) is 9.62. The molecular weight excluding hydrogens is 378 g/mol. The van der Waals surface area contributed by atoms with Crippen molar-refractivity contribution < 1.29 is 14.1 Å². The van der Waals surface area contributed by atoms with Gasteiger partial charge in [-0.15, -0.1) is 0 Å². The minimum Gasteiger partial charge on any atom is -0.488 e. The normalized spacial score (nSPS) is 10.6. The Morgan fingerprint density at radius 1 is 1.00 bits per heavy atom. The van der Waals surface area contributed by atoms with Crippen LogP contribution in [-0.4, -0.2) is 16.0 Å². The van der Waals surface area contributed by atoms with Crippen LogP contribution in [-0.2, 0) is 13.2 Å². The second kappa shape index (κ2) is 9.05. The van der Waals surface area contributed by atoms with Crippen molar-refractivity contribution in [3.8, 4) is 17.1 Å². The van der Waals surface area contributed by atoms with Crippen molar-refractivity contribution in [2.24, 2.45) is 0 Å². The Morgan fingerprint density at radius 3 is 2.63 bits per heavy atom. The van der Waals surface area contributed by atoms with Crippen LogP contribution in [0.5, 0.6) is 5.75 Å². The van der Waals surface area contributed by atoms with E-state index in [0.29, 0.717) is 29.6 Å². The number of nitrogens with one attached hydrogen (secondary N) is 1. The average molecular weight is 399 g/mol. The highest BCUT2D eigenvalue weighted by atomic mass is 16.5. The largest absolute Gasteiger partial charge is 0.488 e. The standard InChI is InChI=1S/C24H21N3O3/c1-17-8-7-11-19(14-17)23-26-22(30-27-23)15-25-24(28)20-12-5-6-13-21(20)29-16-18-9-3-2-4-10-18/h2-14H,15-16H2,1H3,(H,25,28). The van der Waals surface area contributed by atoms with E-state index in [9.17, 15) is 4.79 Å². The summed E-state index contributed by atoms with van der Waals surface area (Å²) in [7, 11) is 0. The Balaban J connectivity index is 1.40. The van der Waals surface area contributed by atoms with E-state index >= 15 is 0 Å². The number of nitrogens with zero attached hydrogens (tertiary/aromatic N) is 2. The quantitative estimate of drug-likeness (QED) is 0.493. The van der Waals surface area contributed by atoms with Crippen LogP contribution in [0.15, 0.2) is 83.4 Å². The Labute approximate surface area is 174 Å². The van der Waals surface area contributed by atoms with Crippen LogP contribution in [0.1, 0.15) is 27.4 Å². The first kappa shape index (κ1) is 19.4. The molecule has 0 saturated carbocycles. The Kier molecular flexibility index (Phi) is 5.85. The van der Waals surface area contributed by atoms with Gasteiger partial charge in [0.15, 0.2) is 0 Å². The van der Waals surface area contributed by atoms with Gasteiger partial charge in [0.25, 0.3) is 5.91 Å². The number of carbonyl (C=O) groups excluding carboxylic acids is 1. The molecule has 4 rings (SSSR count). The molecular formula is C24H21N3O3. The lowest BCUT2D eigenvalue weighted by Gasteiger charge is -2.11. The zero-order chi connectivity index (χ0) is 20.8. The van der Waals surface area contributed by atoms with Crippen molar-refractivity contribution in [2.75, 3.05) is 0 Å². The van der Waals surface area contributed by atoms with Gasteiger partial charge in [-0.05, 0) is 30.7 Å². The van der Waals surface area contributed by atoms with Crippen molar-refractivity contribution in [2.45, 2.75) is 20.1 Å². The molecule has 0 atom stereocenters. The SMILES string of the molecule is Cc1cccc(-c2noc(CNC(=O)c3ccccc3OCc3ccccc3)n2)c1. The Bertz CT molecular complexity index is 1140. The summed E-state index contributed by atoms with van der Waals surface area (Å²) in [4.78, 5) is 17.1. The van der Waals surface area contributed by atoms with E-state index in [1.807, 2.05) is 67.6 Å². The van der Waals surface area contributed by atoms with E-state index in [1.165, 1.54) is 0 Å². The summed E-state index contributed by atoms with van der Waals surface area (Å²) in [6, 6.07) is 24.8. The van der Waals surface area contributed by atoms with Gasteiger partial charge in [0.05, 0.1) is 12.1 Å². The predicted octanol–water partition coefficient (Wildman–Crippen LogP) is 4.55. The molecule has 0 unspecified atom stereocenters. The van der Waals surface area contributed by atoms with Gasteiger partial charge in [-0.25, -0.2) is 0 Å². The van der Waals surface area contributed by atoms with E-state index < -0.39 is 0 Å². The summed E-state index contributed by atoms with van der Waals surface area (Å²) in [5, 5.41) is 6.81. The molecule has 150 valence electrons. The van der Waals surface area contributed by atoms with Gasteiger partial charge in [0.1, 0.15) is 12.4 Å². The molecule has 0 aliphatic carbocycles. The molecule has 4 aromatic rings. The fraction of sp³-hybridized carbons (Fsp3) is 0.125. The number of aryl methyl sites for hydroxylation is 1. The van der Waals surface area contributed by atoms with Crippen molar-refractivity contribution in [3.63, 3.8) is 0 Å². The van der Waals surface area contributed by atoms with Crippen LogP contribution in [0.3, 0.4) is 0 Å². The molecule has 0 radical (unpaired) electrons. The number of carbonyl (C=O) groups is 1. The molecule has 30 heavy (non-hydrogen) atoms. The summed E-state index contributed by atoms with van der Waals surface area (Å²) in [6.07, 6.45) is 0. The van der Waals surface area contributed by atoms with E-state index in [2.05, 4.69) is 15.5 Å². The molecule has 0 spiro atoms. The third kappa shape index (κ3) is 4.72. The number of hydrogen-bond acceptors (Lipinski definition) is 5. The number of benzene rings is 3. The molecule has 0 aliphatic heterocycles. The smallest absolute Gasteiger partial charge is 0.255 e. The van der Waals surface area contributed by atoms with Gasteiger partial charge >= 0.3 is 0 Å². The number of amides is 1. The monoisotopic (exact) mass is 399 g/mol. The number of rotatable bonds is 7. The Hall–Kier alpha value is -3.93. The molecule has 0 bridgehead atoms. The fourth-order valence-corrected chi connectivity index (χ4v) is 2.99. The summed E-state index contributed by atoms with van der Waals surface area (Å²) in [5.74, 6) is 1.08. The van der Waals surface area contributed by atoms with Crippen molar-refractivity contribution in [3.05, 3.63) is 101 Å². The van der Waals surface area contributed by atoms with Crippen LogP contribution >= 0.6 is 0 Å². The molecule has 1 N–H and O–H groups in total. The first-order chi connectivity index (χ1) is 14.7. The third-order valence-electron chi connectivity index (χ3n) is 4.51. The summed E-state index contributed by atoms with van der Waals surface area (Å²) < 4.78 is 11.1. The second-order valence-corrected chi connectivity index (χ2v) is 6.83. The molecule has 6 heteroatoms.